The summed E-state index contributed by atoms with van der Waals surface area (Å²) >= 11 is 0. The van der Waals surface area contributed by atoms with Gasteiger partial charge in [-0.1, -0.05) is 48.5 Å². The first kappa shape index (κ1) is 13.4. The standard InChI is InChI=1S/C17H17N3O/c21-17(18-12-14-6-2-1-3-7-14)10-11-20-16-9-5-4-8-15(16)13-19-20/h1-9,13H,10-12H2,(H,18,21). The lowest BCUT2D eigenvalue weighted by atomic mass is 10.2. The lowest BCUT2D eigenvalue weighted by Gasteiger charge is -2.06. The van der Waals surface area contributed by atoms with E-state index in [9.17, 15) is 4.79 Å². The molecule has 4 nitrogen and oxygen atoms in total. The van der Waals surface area contributed by atoms with E-state index in [2.05, 4.69) is 10.4 Å². The summed E-state index contributed by atoms with van der Waals surface area (Å²) in [4.78, 5) is 11.9. The number of hydrogen-bond acceptors (Lipinski definition) is 2. The number of para-hydroxylation sites is 1. The largest absolute Gasteiger partial charge is 0.352 e. The van der Waals surface area contributed by atoms with Crippen LogP contribution in [0.5, 0.6) is 0 Å². The lowest BCUT2D eigenvalue weighted by molar-refractivity contribution is -0.121. The number of aryl methyl sites for hydroxylation is 1. The van der Waals surface area contributed by atoms with Crippen molar-refractivity contribution in [2.24, 2.45) is 0 Å². The van der Waals surface area contributed by atoms with Crippen LogP contribution < -0.4 is 5.32 Å². The molecular formula is C17H17N3O. The van der Waals surface area contributed by atoms with E-state index in [1.807, 2.05) is 65.5 Å². The molecule has 0 unspecified atom stereocenters. The summed E-state index contributed by atoms with van der Waals surface area (Å²) in [5, 5.41) is 8.35. The first-order chi connectivity index (χ1) is 10.3. The van der Waals surface area contributed by atoms with Gasteiger partial charge in [-0.2, -0.15) is 5.10 Å². The van der Waals surface area contributed by atoms with Crippen LogP contribution in [0.1, 0.15) is 12.0 Å². The van der Waals surface area contributed by atoms with Gasteiger partial charge < -0.3 is 5.32 Å². The van der Waals surface area contributed by atoms with E-state index in [1.165, 1.54) is 0 Å². The van der Waals surface area contributed by atoms with Crippen LogP contribution >= 0.6 is 0 Å². The van der Waals surface area contributed by atoms with Gasteiger partial charge in [-0.05, 0) is 11.6 Å². The highest BCUT2D eigenvalue weighted by Gasteiger charge is 2.05. The molecular weight excluding hydrogens is 262 g/mol. The number of carbonyl (C=O) groups excluding carboxylic acids is 1. The Bertz CT molecular complexity index is 734. The molecule has 21 heavy (non-hydrogen) atoms. The van der Waals surface area contributed by atoms with Crippen molar-refractivity contribution in [2.45, 2.75) is 19.5 Å². The molecule has 1 amide bonds. The number of benzene rings is 2. The fourth-order valence-electron chi connectivity index (χ4n) is 2.30. The van der Waals surface area contributed by atoms with Crippen molar-refractivity contribution >= 4 is 16.8 Å². The molecule has 106 valence electrons. The van der Waals surface area contributed by atoms with Gasteiger partial charge in [0, 0.05) is 18.4 Å². The number of nitrogens with one attached hydrogen (secondary N) is 1. The molecule has 1 aromatic heterocycles. The molecule has 4 heteroatoms. The van der Waals surface area contributed by atoms with Gasteiger partial charge in [-0.15, -0.1) is 0 Å². The van der Waals surface area contributed by atoms with Gasteiger partial charge in [0.1, 0.15) is 0 Å². The van der Waals surface area contributed by atoms with E-state index in [-0.39, 0.29) is 5.91 Å². The van der Waals surface area contributed by atoms with Crippen LogP contribution in [0.15, 0.2) is 60.8 Å². The van der Waals surface area contributed by atoms with Crippen LogP contribution in [0, 0.1) is 0 Å². The Kier molecular flexibility index (Phi) is 3.96. The van der Waals surface area contributed by atoms with Crippen molar-refractivity contribution in [3.8, 4) is 0 Å². The average molecular weight is 279 g/mol. The van der Waals surface area contributed by atoms with Crippen molar-refractivity contribution in [1.82, 2.24) is 15.1 Å². The third kappa shape index (κ3) is 3.28. The minimum absolute atomic E-state index is 0.0402. The van der Waals surface area contributed by atoms with Crippen molar-refractivity contribution < 1.29 is 4.79 Å². The number of nitrogens with zero attached hydrogens (tertiary/aromatic N) is 2. The second-order valence-electron chi connectivity index (χ2n) is 4.94. The van der Waals surface area contributed by atoms with E-state index in [4.69, 9.17) is 0 Å². The van der Waals surface area contributed by atoms with Gasteiger partial charge in [0.25, 0.3) is 0 Å². The fourth-order valence-corrected chi connectivity index (χ4v) is 2.30. The van der Waals surface area contributed by atoms with E-state index in [0.717, 1.165) is 16.5 Å². The normalized spacial score (nSPS) is 10.7. The molecule has 0 aliphatic heterocycles. The summed E-state index contributed by atoms with van der Waals surface area (Å²) in [6, 6.07) is 17.9. The molecule has 0 aliphatic carbocycles. The van der Waals surface area contributed by atoms with Crippen LogP contribution in [-0.4, -0.2) is 15.7 Å². The summed E-state index contributed by atoms with van der Waals surface area (Å²) in [6.07, 6.45) is 2.26. The predicted octanol–water partition coefficient (Wildman–Crippen LogP) is 2.74. The zero-order chi connectivity index (χ0) is 14.5. The molecule has 0 atom stereocenters. The maximum absolute atomic E-state index is 11.9. The van der Waals surface area contributed by atoms with Crippen molar-refractivity contribution in [2.75, 3.05) is 0 Å². The van der Waals surface area contributed by atoms with Crippen molar-refractivity contribution in [3.05, 3.63) is 66.4 Å². The maximum atomic E-state index is 11.9. The quantitative estimate of drug-likeness (QED) is 0.780. The van der Waals surface area contributed by atoms with Gasteiger partial charge >= 0.3 is 0 Å². The second kappa shape index (κ2) is 6.22. The van der Waals surface area contributed by atoms with E-state index in [1.54, 1.807) is 0 Å². The minimum Gasteiger partial charge on any atom is -0.352 e. The average Bonchev–Trinajstić information content (AvgIpc) is 2.95. The van der Waals surface area contributed by atoms with Crippen molar-refractivity contribution in [3.63, 3.8) is 0 Å². The van der Waals surface area contributed by atoms with Crippen molar-refractivity contribution in [1.29, 1.82) is 0 Å². The molecule has 0 bridgehead atoms. The lowest BCUT2D eigenvalue weighted by Crippen LogP contribution is -2.24. The third-order valence-corrected chi connectivity index (χ3v) is 3.43. The Morgan fingerprint density at radius 2 is 1.81 bits per heavy atom. The summed E-state index contributed by atoms with van der Waals surface area (Å²) in [5.74, 6) is 0.0402. The third-order valence-electron chi connectivity index (χ3n) is 3.43. The number of amides is 1. The smallest absolute Gasteiger partial charge is 0.222 e. The number of aromatic nitrogens is 2. The summed E-state index contributed by atoms with van der Waals surface area (Å²) in [7, 11) is 0. The Morgan fingerprint density at radius 1 is 1.05 bits per heavy atom. The molecule has 3 aromatic rings. The van der Waals surface area contributed by atoms with Crippen LogP contribution in [0.4, 0.5) is 0 Å². The maximum Gasteiger partial charge on any atom is 0.222 e. The molecule has 1 N–H and O–H groups in total. The van der Waals surface area contributed by atoms with Gasteiger partial charge in [-0.25, -0.2) is 0 Å². The molecule has 0 spiro atoms. The first-order valence-electron chi connectivity index (χ1n) is 7.04. The molecule has 3 rings (SSSR count). The van der Waals surface area contributed by atoms with Crippen LogP contribution in [-0.2, 0) is 17.9 Å². The highest BCUT2D eigenvalue weighted by molar-refractivity contribution is 5.79. The Morgan fingerprint density at radius 3 is 2.67 bits per heavy atom. The topological polar surface area (TPSA) is 46.9 Å². The Labute approximate surface area is 123 Å². The van der Waals surface area contributed by atoms with E-state index >= 15 is 0 Å². The molecule has 0 radical (unpaired) electrons. The number of rotatable bonds is 5. The summed E-state index contributed by atoms with van der Waals surface area (Å²) < 4.78 is 1.87. The predicted molar refractivity (Wildman–Crippen MR) is 82.6 cm³/mol. The van der Waals surface area contributed by atoms with Gasteiger partial charge in [-0.3, -0.25) is 9.48 Å². The van der Waals surface area contributed by atoms with Gasteiger partial charge in [0.15, 0.2) is 0 Å². The molecule has 0 saturated carbocycles. The Balaban J connectivity index is 1.54. The highest BCUT2D eigenvalue weighted by atomic mass is 16.1. The number of fused-ring (bicyclic) bond motifs is 1. The highest BCUT2D eigenvalue weighted by Crippen LogP contribution is 2.12. The SMILES string of the molecule is O=C(CCn1ncc2ccccc21)NCc1ccccc1. The number of hydrogen-bond donors (Lipinski definition) is 1. The summed E-state index contributed by atoms with van der Waals surface area (Å²) in [6.45, 7) is 1.16. The number of carbonyl (C=O) groups is 1. The molecule has 0 aliphatic rings. The van der Waals surface area contributed by atoms with E-state index in [0.29, 0.717) is 19.5 Å². The fraction of sp³-hybridized carbons (Fsp3) is 0.176. The zero-order valence-electron chi connectivity index (χ0n) is 11.7. The zero-order valence-corrected chi connectivity index (χ0v) is 11.7. The van der Waals surface area contributed by atoms with Gasteiger partial charge in [0.05, 0.1) is 18.3 Å². The van der Waals surface area contributed by atoms with Gasteiger partial charge in [0.2, 0.25) is 5.91 Å². The van der Waals surface area contributed by atoms with Crippen LogP contribution in [0.25, 0.3) is 10.9 Å². The van der Waals surface area contributed by atoms with Crippen LogP contribution in [0.3, 0.4) is 0 Å². The van der Waals surface area contributed by atoms with Crippen LogP contribution in [0.2, 0.25) is 0 Å². The monoisotopic (exact) mass is 279 g/mol. The molecule has 0 saturated heterocycles. The molecule has 2 aromatic carbocycles. The Hall–Kier alpha value is -2.62. The first-order valence-corrected chi connectivity index (χ1v) is 7.04. The molecule has 1 heterocycles. The second-order valence-corrected chi connectivity index (χ2v) is 4.94. The minimum atomic E-state index is 0.0402. The van der Waals surface area contributed by atoms with E-state index < -0.39 is 0 Å². The summed E-state index contributed by atoms with van der Waals surface area (Å²) in [5.41, 5.74) is 2.17. The molecule has 0 fully saturated rings.